The monoisotopic (exact) mass is 263 g/mol. The van der Waals surface area contributed by atoms with E-state index in [1.54, 1.807) is 0 Å². The molecular formula is C15H25N3O. The predicted octanol–water partition coefficient (Wildman–Crippen LogP) is 1.85. The van der Waals surface area contributed by atoms with Crippen LogP contribution >= 0.6 is 0 Å². The Morgan fingerprint density at radius 3 is 3.00 bits per heavy atom. The minimum absolute atomic E-state index is 0.391. The van der Waals surface area contributed by atoms with Gasteiger partial charge < -0.3 is 15.0 Å². The lowest BCUT2D eigenvalue weighted by Gasteiger charge is -2.25. The zero-order valence-corrected chi connectivity index (χ0v) is 12.1. The van der Waals surface area contributed by atoms with E-state index < -0.39 is 0 Å². The van der Waals surface area contributed by atoms with Gasteiger partial charge in [-0.25, -0.2) is 0 Å². The molecule has 4 nitrogen and oxygen atoms in total. The van der Waals surface area contributed by atoms with Crippen molar-refractivity contribution in [3.8, 4) is 0 Å². The maximum absolute atomic E-state index is 5.70. The van der Waals surface area contributed by atoms with E-state index in [1.807, 2.05) is 6.20 Å². The van der Waals surface area contributed by atoms with E-state index in [-0.39, 0.29) is 0 Å². The summed E-state index contributed by atoms with van der Waals surface area (Å²) in [6.45, 7) is 6.02. The first-order chi connectivity index (χ1) is 9.29. The largest absolute Gasteiger partial charge is 0.376 e. The number of morpholine rings is 1. The Kier molecular flexibility index (Phi) is 5.61. The second kappa shape index (κ2) is 7.46. The lowest BCUT2D eigenvalue weighted by Crippen LogP contribution is -2.38. The lowest BCUT2D eigenvalue weighted by atomic mass is 10.1. The first-order valence-corrected chi connectivity index (χ1v) is 7.28. The van der Waals surface area contributed by atoms with Crippen molar-refractivity contribution in [2.75, 3.05) is 38.2 Å². The smallest absolute Gasteiger partial charge is 0.0700 e. The van der Waals surface area contributed by atoms with E-state index >= 15 is 0 Å². The van der Waals surface area contributed by atoms with Gasteiger partial charge in [0.25, 0.3) is 0 Å². The van der Waals surface area contributed by atoms with Crippen molar-refractivity contribution in [3.05, 3.63) is 24.0 Å². The molecule has 1 aromatic heterocycles. The van der Waals surface area contributed by atoms with Crippen LogP contribution in [0.4, 0.5) is 5.69 Å². The topological polar surface area (TPSA) is 37.4 Å². The number of hydrogen-bond donors (Lipinski definition) is 1. The number of rotatable bonds is 6. The fourth-order valence-electron chi connectivity index (χ4n) is 2.34. The number of aromatic nitrogens is 1. The third kappa shape index (κ3) is 4.48. The molecule has 1 fully saturated rings. The van der Waals surface area contributed by atoms with E-state index in [1.165, 1.54) is 5.69 Å². The summed E-state index contributed by atoms with van der Waals surface area (Å²) < 4.78 is 5.70. The SMILES string of the molecule is CCc1ccc(N(C)CCCC2CNCCO2)cn1. The van der Waals surface area contributed by atoms with Crippen LogP contribution in [-0.4, -0.2) is 44.4 Å². The number of aryl methyl sites for hydroxylation is 1. The molecule has 4 heteroatoms. The van der Waals surface area contributed by atoms with Crippen molar-refractivity contribution in [1.82, 2.24) is 10.3 Å². The molecule has 1 saturated heterocycles. The molecule has 0 spiro atoms. The third-order valence-electron chi connectivity index (χ3n) is 3.64. The lowest BCUT2D eigenvalue weighted by molar-refractivity contribution is 0.0228. The summed E-state index contributed by atoms with van der Waals surface area (Å²) in [5.74, 6) is 0. The second-order valence-electron chi connectivity index (χ2n) is 5.12. The van der Waals surface area contributed by atoms with Crippen LogP contribution in [-0.2, 0) is 11.2 Å². The molecule has 1 unspecified atom stereocenters. The number of hydrogen-bond acceptors (Lipinski definition) is 4. The quantitative estimate of drug-likeness (QED) is 0.850. The number of ether oxygens (including phenoxy) is 1. The zero-order chi connectivity index (χ0) is 13.5. The molecule has 0 bridgehead atoms. The minimum atomic E-state index is 0.391. The average molecular weight is 263 g/mol. The molecule has 1 aliphatic rings. The standard InChI is InChI=1S/C15H25N3O/c1-3-13-6-7-14(11-17-13)18(2)9-4-5-15-12-16-8-10-19-15/h6-7,11,15-16H,3-5,8-10,12H2,1-2H3. The van der Waals surface area contributed by atoms with Crippen LogP contribution in [0.1, 0.15) is 25.5 Å². The highest BCUT2D eigenvalue weighted by Crippen LogP contribution is 2.13. The third-order valence-corrected chi connectivity index (χ3v) is 3.64. The van der Waals surface area contributed by atoms with Crippen LogP contribution in [0.3, 0.4) is 0 Å². The number of nitrogens with zero attached hydrogens (tertiary/aromatic N) is 2. The Labute approximate surface area is 116 Å². The molecule has 1 atom stereocenters. The zero-order valence-electron chi connectivity index (χ0n) is 12.1. The Morgan fingerprint density at radius 1 is 1.47 bits per heavy atom. The minimum Gasteiger partial charge on any atom is -0.376 e. The summed E-state index contributed by atoms with van der Waals surface area (Å²) in [6.07, 6.45) is 5.63. The normalized spacial score (nSPS) is 19.4. The Hall–Kier alpha value is -1.13. The molecular weight excluding hydrogens is 238 g/mol. The molecule has 0 radical (unpaired) electrons. The molecule has 0 saturated carbocycles. The summed E-state index contributed by atoms with van der Waals surface area (Å²) in [6, 6.07) is 4.27. The fourth-order valence-corrected chi connectivity index (χ4v) is 2.34. The van der Waals surface area contributed by atoms with Crippen molar-refractivity contribution in [2.24, 2.45) is 0 Å². The molecule has 1 aromatic rings. The molecule has 0 amide bonds. The Bertz CT molecular complexity index is 360. The van der Waals surface area contributed by atoms with Gasteiger partial charge in [-0.1, -0.05) is 6.92 Å². The summed E-state index contributed by atoms with van der Waals surface area (Å²) in [7, 11) is 2.13. The van der Waals surface area contributed by atoms with Crippen LogP contribution < -0.4 is 10.2 Å². The first kappa shape index (κ1) is 14.3. The van der Waals surface area contributed by atoms with Crippen molar-refractivity contribution in [3.63, 3.8) is 0 Å². The van der Waals surface area contributed by atoms with Gasteiger partial charge in [0.2, 0.25) is 0 Å². The highest BCUT2D eigenvalue weighted by Gasteiger charge is 2.13. The van der Waals surface area contributed by atoms with Gasteiger partial charge in [-0.05, 0) is 31.4 Å². The van der Waals surface area contributed by atoms with Gasteiger partial charge in [-0.2, -0.15) is 0 Å². The highest BCUT2D eigenvalue weighted by molar-refractivity contribution is 5.43. The van der Waals surface area contributed by atoms with E-state index in [4.69, 9.17) is 4.74 Å². The summed E-state index contributed by atoms with van der Waals surface area (Å²) in [4.78, 5) is 6.71. The second-order valence-corrected chi connectivity index (χ2v) is 5.12. The number of pyridine rings is 1. The Balaban J connectivity index is 1.72. The van der Waals surface area contributed by atoms with Gasteiger partial charge in [0.15, 0.2) is 0 Å². The van der Waals surface area contributed by atoms with Gasteiger partial charge in [0.05, 0.1) is 24.6 Å². The summed E-state index contributed by atoms with van der Waals surface area (Å²) in [5.41, 5.74) is 2.35. The Morgan fingerprint density at radius 2 is 2.37 bits per heavy atom. The molecule has 0 aliphatic carbocycles. The highest BCUT2D eigenvalue weighted by atomic mass is 16.5. The van der Waals surface area contributed by atoms with Gasteiger partial charge in [0.1, 0.15) is 0 Å². The predicted molar refractivity (Wildman–Crippen MR) is 78.7 cm³/mol. The van der Waals surface area contributed by atoms with Crippen LogP contribution in [0, 0.1) is 0 Å². The molecule has 1 N–H and O–H groups in total. The molecule has 1 aliphatic heterocycles. The molecule has 2 rings (SSSR count). The number of anilines is 1. The van der Waals surface area contributed by atoms with Gasteiger partial charge in [-0.3, -0.25) is 4.98 Å². The van der Waals surface area contributed by atoms with E-state index in [9.17, 15) is 0 Å². The van der Waals surface area contributed by atoms with Crippen LogP contribution in [0.5, 0.6) is 0 Å². The fraction of sp³-hybridized carbons (Fsp3) is 0.667. The van der Waals surface area contributed by atoms with Gasteiger partial charge in [-0.15, -0.1) is 0 Å². The maximum atomic E-state index is 5.70. The van der Waals surface area contributed by atoms with E-state index in [2.05, 4.69) is 41.3 Å². The molecule has 19 heavy (non-hydrogen) atoms. The molecule has 0 aromatic carbocycles. The maximum Gasteiger partial charge on any atom is 0.0700 e. The van der Waals surface area contributed by atoms with Crippen molar-refractivity contribution in [2.45, 2.75) is 32.3 Å². The summed E-state index contributed by atoms with van der Waals surface area (Å²) >= 11 is 0. The number of nitrogens with one attached hydrogen (secondary N) is 1. The van der Waals surface area contributed by atoms with E-state index in [0.717, 1.165) is 51.2 Å². The average Bonchev–Trinajstić information content (AvgIpc) is 2.48. The molecule has 106 valence electrons. The van der Waals surface area contributed by atoms with Crippen LogP contribution in [0.15, 0.2) is 18.3 Å². The first-order valence-electron chi connectivity index (χ1n) is 7.28. The molecule has 2 heterocycles. The van der Waals surface area contributed by atoms with Crippen molar-refractivity contribution < 1.29 is 4.74 Å². The van der Waals surface area contributed by atoms with Crippen LogP contribution in [0.2, 0.25) is 0 Å². The van der Waals surface area contributed by atoms with Crippen molar-refractivity contribution >= 4 is 5.69 Å². The summed E-state index contributed by atoms with van der Waals surface area (Å²) in [5, 5.41) is 3.37. The van der Waals surface area contributed by atoms with Crippen LogP contribution in [0.25, 0.3) is 0 Å². The van der Waals surface area contributed by atoms with Crippen molar-refractivity contribution in [1.29, 1.82) is 0 Å². The van der Waals surface area contributed by atoms with Gasteiger partial charge >= 0.3 is 0 Å². The van der Waals surface area contributed by atoms with E-state index in [0.29, 0.717) is 6.10 Å². The van der Waals surface area contributed by atoms with Gasteiger partial charge in [0, 0.05) is 32.4 Å².